The molecule has 2 aromatic rings. The van der Waals surface area contributed by atoms with Crippen LogP contribution in [0.15, 0.2) is 47.3 Å². The number of methoxy groups -OCH3 is 1. The van der Waals surface area contributed by atoms with Gasteiger partial charge in [-0.15, -0.1) is 0 Å². The van der Waals surface area contributed by atoms with Crippen LogP contribution in [0, 0.1) is 0 Å². The van der Waals surface area contributed by atoms with Gasteiger partial charge in [-0.25, -0.2) is 0 Å². The Hall–Kier alpha value is -1.94. The first-order valence-corrected chi connectivity index (χ1v) is 6.98. The van der Waals surface area contributed by atoms with Crippen molar-refractivity contribution >= 4 is 5.69 Å². The maximum absolute atomic E-state index is 5.44. The third-order valence-corrected chi connectivity index (χ3v) is 3.78. The molecule has 0 amide bonds. The number of hydrogen-bond donors (Lipinski definition) is 0. The van der Waals surface area contributed by atoms with Gasteiger partial charge in [0.05, 0.1) is 25.3 Å². The van der Waals surface area contributed by atoms with Crippen molar-refractivity contribution in [1.82, 2.24) is 4.90 Å². The van der Waals surface area contributed by atoms with Gasteiger partial charge in [0.15, 0.2) is 0 Å². The maximum Gasteiger partial charge on any atom is 0.142 e. The second-order valence-corrected chi connectivity index (χ2v) is 5.07. The lowest BCUT2D eigenvalue weighted by molar-refractivity contribution is 0.248. The molecule has 20 heavy (non-hydrogen) atoms. The summed E-state index contributed by atoms with van der Waals surface area (Å²) in [5.74, 6) is 0.954. The lowest BCUT2D eigenvalue weighted by atomic mass is 10.2. The van der Waals surface area contributed by atoms with E-state index in [4.69, 9.17) is 9.15 Å². The third kappa shape index (κ3) is 2.80. The summed E-state index contributed by atoms with van der Waals surface area (Å²) < 4.78 is 10.6. The Morgan fingerprint density at radius 2 is 1.90 bits per heavy atom. The molecule has 1 saturated heterocycles. The van der Waals surface area contributed by atoms with Gasteiger partial charge in [-0.05, 0) is 18.2 Å². The SMILES string of the molecule is COc1ccccc1N1CCN(Cc2ccoc2)CC1. The van der Waals surface area contributed by atoms with E-state index in [0.29, 0.717) is 0 Å². The highest BCUT2D eigenvalue weighted by Gasteiger charge is 2.19. The Labute approximate surface area is 119 Å². The molecule has 0 aliphatic carbocycles. The summed E-state index contributed by atoms with van der Waals surface area (Å²) >= 11 is 0. The zero-order valence-corrected chi connectivity index (χ0v) is 11.8. The van der Waals surface area contributed by atoms with Crippen LogP contribution in [0.3, 0.4) is 0 Å². The Bertz CT molecular complexity index is 531. The van der Waals surface area contributed by atoms with Crippen molar-refractivity contribution in [3.05, 3.63) is 48.4 Å². The molecule has 0 unspecified atom stereocenters. The number of rotatable bonds is 4. The molecule has 4 heteroatoms. The zero-order chi connectivity index (χ0) is 13.8. The second-order valence-electron chi connectivity index (χ2n) is 5.07. The summed E-state index contributed by atoms with van der Waals surface area (Å²) in [4.78, 5) is 4.85. The van der Waals surface area contributed by atoms with Crippen LogP contribution < -0.4 is 9.64 Å². The van der Waals surface area contributed by atoms with Crippen LogP contribution in [-0.4, -0.2) is 38.2 Å². The van der Waals surface area contributed by atoms with Gasteiger partial charge in [0.25, 0.3) is 0 Å². The fourth-order valence-corrected chi connectivity index (χ4v) is 2.68. The highest BCUT2D eigenvalue weighted by molar-refractivity contribution is 5.58. The first kappa shape index (κ1) is 13.1. The standard InChI is InChI=1S/C16H20N2O2/c1-19-16-5-3-2-4-15(16)18-9-7-17(8-10-18)12-14-6-11-20-13-14/h2-6,11,13H,7-10,12H2,1H3. The van der Waals surface area contributed by atoms with E-state index in [1.54, 1.807) is 13.4 Å². The zero-order valence-electron chi connectivity index (χ0n) is 11.8. The summed E-state index contributed by atoms with van der Waals surface area (Å²) in [6.07, 6.45) is 3.56. The quantitative estimate of drug-likeness (QED) is 0.855. The van der Waals surface area contributed by atoms with Gasteiger partial charge in [-0.3, -0.25) is 4.90 Å². The summed E-state index contributed by atoms with van der Waals surface area (Å²) in [5.41, 5.74) is 2.44. The van der Waals surface area contributed by atoms with Crippen molar-refractivity contribution in [2.45, 2.75) is 6.54 Å². The number of ether oxygens (including phenoxy) is 1. The molecular weight excluding hydrogens is 252 g/mol. The monoisotopic (exact) mass is 272 g/mol. The first-order chi connectivity index (χ1) is 9.86. The molecule has 0 radical (unpaired) electrons. The van der Waals surface area contributed by atoms with Crippen molar-refractivity contribution in [1.29, 1.82) is 0 Å². The normalized spacial score (nSPS) is 16.4. The molecule has 0 saturated carbocycles. The first-order valence-electron chi connectivity index (χ1n) is 6.98. The topological polar surface area (TPSA) is 28.9 Å². The predicted molar refractivity (Wildman–Crippen MR) is 79.2 cm³/mol. The predicted octanol–water partition coefficient (Wildman–Crippen LogP) is 2.61. The number of hydrogen-bond acceptors (Lipinski definition) is 4. The minimum absolute atomic E-state index is 0.954. The molecule has 3 rings (SSSR count). The molecule has 1 aliphatic rings. The van der Waals surface area contributed by atoms with E-state index in [0.717, 1.165) is 38.5 Å². The Balaban J connectivity index is 1.60. The molecular formula is C16H20N2O2. The summed E-state index contributed by atoms with van der Waals surface area (Å²) in [5, 5.41) is 0. The third-order valence-electron chi connectivity index (χ3n) is 3.78. The van der Waals surface area contributed by atoms with Crippen LogP contribution >= 0.6 is 0 Å². The molecule has 106 valence electrons. The van der Waals surface area contributed by atoms with E-state index < -0.39 is 0 Å². The van der Waals surface area contributed by atoms with E-state index >= 15 is 0 Å². The Kier molecular flexibility index (Phi) is 3.92. The smallest absolute Gasteiger partial charge is 0.142 e. The molecule has 0 atom stereocenters. The number of furan rings is 1. The molecule has 4 nitrogen and oxygen atoms in total. The van der Waals surface area contributed by atoms with E-state index in [-0.39, 0.29) is 0 Å². The molecule has 0 spiro atoms. The van der Waals surface area contributed by atoms with E-state index in [1.165, 1.54) is 11.3 Å². The minimum atomic E-state index is 0.954. The maximum atomic E-state index is 5.44. The Morgan fingerprint density at radius 3 is 2.60 bits per heavy atom. The molecule has 1 aliphatic heterocycles. The van der Waals surface area contributed by atoms with Crippen molar-refractivity contribution in [3.8, 4) is 5.75 Å². The second kappa shape index (κ2) is 6.01. The van der Waals surface area contributed by atoms with Crippen molar-refractivity contribution in [2.24, 2.45) is 0 Å². The van der Waals surface area contributed by atoms with Crippen LogP contribution in [0.4, 0.5) is 5.69 Å². The summed E-state index contributed by atoms with van der Waals surface area (Å²) in [6, 6.07) is 10.3. The van der Waals surface area contributed by atoms with E-state index in [1.807, 2.05) is 24.5 Å². The molecule has 0 bridgehead atoms. The molecule has 1 aromatic heterocycles. The fourth-order valence-electron chi connectivity index (χ4n) is 2.68. The number of nitrogens with zero attached hydrogens (tertiary/aromatic N) is 2. The molecule has 2 heterocycles. The van der Waals surface area contributed by atoms with Crippen LogP contribution in [0.25, 0.3) is 0 Å². The van der Waals surface area contributed by atoms with Crippen LogP contribution in [0.1, 0.15) is 5.56 Å². The van der Waals surface area contributed by atoms with Crippen molar-refractivity contribution in [3.63, 3.8) is 0 Å². The number of anilines is 1. The van der Waals surface area contributed by atoms with Gasteiger partial charge in [-0.1, -0.05) is 12.1 Å². The minimum Gasteiger partial charge on any atom is -0.495 e. The van der Waals surface area contributed by atoms with Crippen molar-refractivity contribution in [2.75, 3.05) is 38.2 Å². The van der Waals surface area contributed by atoms with Gasteiger partial charge >= 0.3 is 0 Å². The fraction of sp³-hybridized carbons (Fsp3) is 0.375. The Morgan fingerprint density at radius 1 is 1.10 bits per heavy atom. The molecule has 1 fully saturated rings. The highest BCUT2D eigenvalue weighted by Crippen LogP contribution is 2.28. The number of para-hydroxylation sites is 2. The highest BCUT2D eigenvalue weighted by atomic mass is 16.5. The lowest BCUT2D eigenvalue weighted by Gasteiger charge is -2.36. The van der Waals surface area contributed by atoms with Crippen molar-refractivity contribution < 1.29 is 9.15 Å². The van der Waals surface area contributed by atoms with Crippen LogP contribution in [-0.2, 0) is 6.54 Å². The largest absolute Gasteiger partial charge is 0.495 e. The van der Waals surface area contributed by atoms with Gasteiger partial charge in [0.2, 0.25) is 0 Å². The van der Waals surface area contributed by atoms with Crippen LogP contribution in [0.2, 0.25) is 0 Å². The summed E-state index contributed by atoms with van der Waals surface area (Å²) in [6.45, 7) is 5.14. The average molecular weight is 272 g/mol. The van der Waals surface area contributed by atoms with Crippen LogP contribution in [0.5, 0.6) is 5.75 Å². The van der Waals surface area contributed by atoms with Gasteiger partial charge in [0, 0.05) is 38.3 Å². The average Bonchev–Trinajstić information content (AvgIpc) is 3.01. The van der Waals surface area contributed by atoms with Gasteiger partial charge in [-0.2, -0.15) is 0 Å². The van der Waals surface area contributed by atoms with E-state index in [2.05, 4.69) is 21.9 Å². The van der Waals surface area contributed by atoms with Gasteiger partial charge in [0.1, 0.15) is 5.75 Å². The lowest BCUT2D eigenvalue weighted by Crippen LogP contribution is -2.46. The number of benzene rings is 1. The molecule has 1 aromatic carbocycles. The number of piperazine rings is 1. The van der Waals surface area contributed by atoms with E-state index in [9.17, 15) is 0 Å². The molecule has 0 N–H and O–H groups in total. The van der Waals surface area contributed by atoms with Gasteiger partial charge < -0.3 is 14.1 Å². The summed E-state index contributed by atoms with van der Waals surface area (Å²) in [7, 11) is 1.73.